The summed E-state index contributed by atoms with van der Waals surface area (Å²) < 4.78 is 6.53. The summed E-state index contributed by atoms with van der Waals surface area (Å²) in [5.74, 6) is 0. The summed E-state index contributed by atoms with van der Waals surface area (Å²) in [7, 11) is 2.21. The number of aromatic nitrogens is 2. The fraction of sp³-hybridized carbons (Fsp3) is 0.346. The Morgan fingerprint density at radius 3 is 2.38 bits per heavy atom. The summed E-state index contributed by atoms with van der Waals surface area (Å²) in [5.41, 5.74) is 3.31. The SMILES string of the molecule is C[N+]1(CCc2cncnc2)CCCC1C(OC=O)C1(O)c2ccccc2-c2ccccc21. The third kappa shape index (κ3) is 3.22. The predicted molar refractivity (Wildman–Crippen MR) is 120 cm³/mol. The van der Waals surface area contributed by atoms with Crippen LogP contribution < -0.4 is 0 Å². The first-order valence-electron chi connectivity index (χ1n) is 11.2. The van der Waals surface area contributed by atoms with Gasteiger partial charge in [0.1, 0.15) is 12.4 Å². The quantitative estimate of drug-likeness (QED) is 0.461. The normalized spacial score (nSPS) is 23.9. The number of quaternary nitrogens is 1. The summed E-state index contributed by atoms with van der Waals surface area (Å²) in [6.07, 6.45) is 7.27. The molecule has 0 spiro atoms. The largest absolute Gasteiger partial charge is 0.454 e. The molecule has 3 atom stereocenters. The zero-order chi connectivity index (χ0) is 22.2. The van der Waals surface area contributed by atoms with Gasteiger partial charge in [-0.1, -0.05) is 48.5 Å². The second-order valence-corrected chi connectivity index (χ2v) is 9.14. The van der Waals surface area contributed by atoms with Crippen LogP contribution in [0.3, 0.4) is 0 Å². The van der Waals surface area contributed by atoms with E-state index in [0.717, 1.165) is 64.7 Å². The number of benzene rings is 2. The molecule has 2 aromatic carbocycles. The maximum absolute atomic E-state index is 12.4. The van der Waals surface area contributed by atoms with Crippen molar-refractivity contribution in [1.29, 1.82) is 0 Å². The number of likely N-dealkylation sites (N-methyl/N-ethyl adjacent to an activating group) is 1. The average molecular weight is 431 g/mol. The Bertz CT molecular complexity index is 1070. The minimum atomic E-state index is -1.39. The second-order valence-electron chi connectivity index (χ2n) is 9.14. The van der Waals surface area contributed by atoms with E-state index in [1.165, 1.54) is 6.33 Å². The molecule has 2 aliphatic rings. The standard InChI is InChI=1S/C26H28N3O3/c1-29(14-12-19-15-27-17-28-16-19)13-6-11-24(29)25(32-18-30)26(31)22-9-4-2-7-20(22)21-8-3-5-10-23(21)26/h2-5,7-10,15-18,24-25,31H,6,11-14H2,1H3/q+1. The second kappa shape index (κ2) is 8.11. The fourth-order valence-electron chi connectivity index (χ4n) is 5.82. The molecule has 1 aliphatic carbocycles. The lowest BCUT2D eigenvalue weighted by atomic mass is 9.81. The topological polar surface area (TPSA) is 72.3 Å². The van der Waals surface area contributed by atoms with Crippen LogP contribution in [-0.2, 0) is 21.6 Å². The van der Waals surface area contributed by atoms with Crippen LogP contribution in [0.1, 0.15) is 29.5 Å². The molecule has 0 saturated carbocycles. The molecule has 1 saturated heterocycles. The van der Waals surface area contributed by atoms with Crippen molar-refractivity contribution in [2.24, 2.45) is 0 Å². The number of carbonyl (C=O) groups is 1. The smallest absolute Gasteiger partial charge is 0.293 e. The van der Waals surface area contributed by atoms with Crippen molar-refractivity contribution in [3.8, 4) is 11.1 Å². The Morgan fingerprint density at radius 2 is 1.75 bits per heavy atom. The van der Waals surface area contributed by atoms with Crippen molar-refractivity contribution in [3.05, 3.63) is 83.9 Å². The molecular weight excluding hydrogens is 402 g/mol. The van der Waals surface area contributed by atoms with Crippen LogP contribution >= 0.6 is 0 Å². The molecule has 3 unspecified atom stereocenters. The van der Waals surface area contributed by atoms with Crippen LogP contribution in [-0.4, -0.2) is 58.3 Å². The van der Waals surface area contributed by atoms with Gasteiger partial charge in [-0.15, -0.1) is 0 Å². The van der Waals surface area contributed by atoms with Crippen molar-refractivity contribution in [1.82, 2.24) is 9.97 Å². The predicted octanol–water partition coefficient (Wildman–Crippen LogP) is 3.09. The molecule has 164 valence electrons. The minimum Gasteiger partial charge on any atom is -0.454 e. The molecule has 32 heavy (non-hydrogen) atoms. The molecule has 6 nitrogen and oxygen atoms in total. The molecular formula is C26H28N3O3+. The lowest BCUT2D eigenvalue weighted by Crippen LogP contribution is -2.60. The van der Waals surface area contributed by atoms with Gasteiger partial charge in [0.15, 0.2) is 11.7 Å². The summed E-state index contributed by atoms with van der Waals surface area (Å²) in [6, 6.07) is 15.8. The number of aliphatic hydroxyl groups is 1. The monoisotopic (exact) mass is 430 g/mol. The number of ether oxygens (including phenoxy) is 1. The number of carbonyl (C=O) groups excluding carboxylic acids is 1. The first kappa shape index (κ1) is 20.8. The number of rotatable bonds is 7. The Hall–Kier alpha value is -3.09. The van der Waals surface area contributed by atoms with E-state index in [-0.39, 0.29) is 6.04 Å². The number of hydrogen-bond donors (Lipinski definition) is 1. The van der Waals surface area contributed by atoms with Gasteiger partial charge in [0.25, 0.3) is 6.47 Å². The van der Waals surface area contributed by atoms with E-state index in [1.54, 1.807) is 0 Å². The van der Waals surface area contributed by atoms with Gasteiger partial charge in [-0.25, -0.2) is 9.97 Å². The summed E-state index contributed by atoms with van der Waals surface area (Å²) in [6.45, 7) is 2.33. The van der Waals surface area contributed by atoms with Gasteiger partial charge in [-0.05, 0) is 27.8 Å². The van der Waals surface area contributed by atoms with E-state index in [1.807, 2.05) is 60.9 Å². The molecule has 0 bridgehead atoms. The van der Waals surface area contributed by atoms with Gasteiger partial charge < -0.3 is 14.3 Å². The highest BCUT2D eigenvalue weighted by molar-refractivity contribution is 5.80. The lowest BCUT2D eigenvalue weighted by Gasteiger charge is -2.44. The maximum Gasteiger partial charge on any atom is 0.293 e. The Morgan fingerprint density at radius 1 is 1.12 bits per heavy atom. The fourth-order valence-corrected chi connectivity index (χ4v) is 5.82. The molecule has 6 heteroatoms. The van der Waals surface area contributed by atoms with Crippen LogP contribution in [0.25, 0.3) is 11.1 Å². The van der Waals surface area contributed by atoms with E-state index >= 15 is 0 Å². The molecule has 5 rings (SSSR count). The van der Waals surface area contributed by atoms with Crippen molar-refractivity contribution < 1.29 is 19.1 Å². The first-order valence-corrected chi connectivity index (χ1v) is 11.2. The third-order valence-electron chi connectivity index (χ3n) is 7.42. The van der Waals surface area contributed by atoms with E-state index in [2.05, 4.69) is 17.0 Å². The summed E-state index contributed by atoms with van der Waals surface area (Å²) >= 11 is 0. The molecule has 1 aliphatic heterocycles. The van der Waals surface area contributed by atoms with Crippen molar-refractivity contribution in [2.45, 2.75) is 37.0 Å². The summed E-state index contributed by atoms with van der Waals surface area (Å²) in [5, 5.41) is 12.4. The molecule has 1 fully saturated rings. The molecule has 2 heterocycles. The minimum absolute atomic E-state index is 0.0333. The highest BCUT2D eigenvalue weighted by atomic mass is 16.5. The molecule has 0 radical (unpaired) electrons. The average Bonchev–Trinajstić information content (AvgIpc) is 3.34. The molecule has 0 amide bonds. The zero-order valence-electron chi connectivity index (χ0n) is 18.2. The van der Waals surface area contributed by atoms with Gasteiger partial charge in [0.2, 0.25) is 0 Å². The van der Waals surface area contributed by atoms with Crippen LogP contribution in [0, 0.1) is 0 Å². The van der Waals surface area contributed by atoms with E-state index in [9.17, 15) is 9.90 Å². The number of hydrogen-bond acceptors (Lipinski definition) is 5. The number of nitrogens with zero attached hydrogens (tertiary/aromatic N) is 3. The van der Waals surface area contributed by atoms with Crippen molar-refractivity contribution in [2.75, 3.05) is 20.1 Å². The van der Waals surface area contributed by atoms with Gasteiger partial charge in [-0.2, -0.15) is 0 Å². The van der Waals surface area contributed by atoms with Gasteiger partial charge in [0.05, 0.1) is 20.1 Å². The van der Waals surface area contributed by atoms with Crippen LogP contribution in [0.5, 0.6) is 0 Å². The third-order valence-corrected chi connectivity index (χ3v) is 7.42. The van der Waals surface area contributed by atoms with Crippen LogP contribution in [0.2, 0.25) is 0 Å². The van der Waals surface area contributed by atoms with Crippen molar-refractivity contribution in [3.63, 3.8) is 0 Å². The van der Waals surface area contributed by atoms with E-state index in [0.29, 0.717) is 6.47 Å². The first-order chi connectivity index (χ1) is 15.6. The van der Waals surface area contributed by atoms with Gasteiger partial charge >= 0.3 is 0 Å². The Balaban J connectivity index is 1.55. The highest BCUT2D eigenvalue weighted by Crippen LogP contribution is 2.52. The van der Waals surface area contributed by atoms with E-state index in [4.69, 9.17) is 4.74 Å². The highest BCUT2D eigenvalue weighted by Gasteiger charge is 2.57. The molecule has 1 N–H and O–H groups in total. The molecule has 1 aromatic heterocycles. The zero-order valence-corrected chi connectivity index (χ0v) is 18.2. The van der Waals surface area contributed by atoms with Crippen LogP contribution in [0.15, 0.2) is 67.3 Å². The lowest BCUT2D eigenvalue weighted by molar-refractivity contribution is -0.924. The Labute approximate surface area is 188 Å². The van der Waals surface area contributed by atoms with Gasteiger partial charge in [0, 0.05) is 31.7 Å². The molecule has 3 aromatic rings. The van der Waals surface area contributed by atoms with Gasteiger partial charge in [-0.3, -0.25) is 4.79 Å². The maximum atomic E-state index is 12.4. The number of likely N-dealkylation sites (tertiary alicyclic amines) is 1. The Kier molecular flexibility index (Phi) is 5.27. The summed E-state index contributed by atoms with van der Waals surface area (Å²) in [4.78, 5) is 20.0. The number of fused-ring (bicyclic) bond motifs is 3. The van der Waals surface area contributed by atoms with Crippen molar-refractivity contribution >= 4 is 6.47 Å². The van der Waals surface area contributed by atoms with Crippen LogP contribution in [0.4, 0.5) is 0 Å². The van der Waals surface area contributed by atoms with E-state index < -0.39 is 11.7 Å².